The summed E-state index contributed by atoms with van der Waals surface area (Å²) in [6, 6.07) is 5.06. The molecule has 1 rings (SSSR count). The summed E-state index contributed by atoms with van der Waals surface area (Å²) < 4.78 is 13.2. The molecule has 0 aliphatic heterocycles. The molecule has 1 aromatic rings. The zero-order valence-electron chi connectivity index (χ0n) is 9.77. The van der Waals surface area contributed by atoms with Crippen LogP contribution in [0.4, 0.5) is 4.39 Å². The molecule has 0 aromatic heterocycles. The molecule has 0 atom stereocenters. The molecule has 0 bridgehead atoms. The van der Waals surface area contributed by atoms with Gasteiger partial charge in [0.05, 0.1) is 5.02 Å². The Balaban J connectivity index is 2.86. The van der Waals surface area contributed by atoms with Crippen LogP contribution >= 0.6 is 11.6 Å². The van der Waals surface area contributed by atoms with Crippen LogP contribution in [0.15, 0.2) is 18.2 Å². The standard InChI is InChI=1S/C13H18ClF/c1-9(2)13(3,4)8-10-5-6-11(14)12(15)7-10/h5-7,9H,8H2,1-4H3. The van der Waals surface area contributed by atoms with Crippen molar-refractivity contribution in [3.63, 3.8) is 0 Å². The van der Waals surface area contributed by atoms with Crippen LogP contribution in [0.25, 0.3) is 0 Å². The lowest BCUT2D eigenvalue weighted by atomic mass is 9.76. The van der Waals surface area contributed by atoms with E-state index in [2.05, 4.69) is 27.7 Å². The number of hydrogen-bond acceptors (Lipinski definition) is 0. The topological polar surface area (TPSA) is 0 Å². The number of rotatable bonds is 3. The van der Waals surface area contributed by atoms with Crippen LogP contribution in [0.1, 0.15) is 33.3 Å². The van der Waals surface area contributed by atoms with Gasteiger partial charge >= 0.3 is 0 Å². The van der Waals surface area contributed by atoms with Crippen LogP contribution in [0.5, 0.6) is 0 Å². The Morgan fingerprint density at radius 3 is 2.40 bits per heavy atom. The van der Waals surface area contributed by atoms with Crippen molar-refractivity contribution in [2.45, 2.75) is 34.1 Å². The summed E-state index contributed by atoms with van der Waals surface area (Å²) in [6.07, 6.45) is 0.874. The maximum atomic E-state index is 13.2. The number of halogens is 2. The Labute approximate surface area is 96.5 Å². The van der Waals surface area contributed by atoms with Gasteiger partial charge in [-0.1, -0.05) is 45.4 Å². The lowest BCUT2D eigenvalue weighted by molar-refractivity contribution is 0.248. The molecule has 0 fully saturated rings. The normalized spacial score (nSPS) is 12.2. The van der Waals surface area contributed by atoms with Crippen LogP contribution in [0, 0.1) is 17.2 Å². The molecule has 0 N–H and O–H groups in total. The van der Waals surface area contributed by atoms with E-state index in [1.54, 1.807) is 6.07 Å². The van der Waals surface area contributed by atoms with Gasteiger partial charge in [0, 0.05) is 0 Å². The van der Waals surface area contributed by atoms with E-state index in [0.29, 0.717) is 5.92 Å². The molecule has 1 aromatic carbocycles. The average molecular weight is 229 g/mol. The van der Waals surface area contributed by atoms with Crippen molar-refractivity contribution in [1.82, 2.24) is 0 Å². The molecule has 0 heterocycles. The zero-order chi connectivity index (χ0) is 11.6. The third-order valence-electron chi connectivity index (χ3n) is 3.21. The molecule has 0 amide bonds. The van der Waals surface area contributed by atoms with E-state index in [1.807, 2.05) is 6.07 Å². The molecule has 0 saturated carbocycles. The SMILES string of the molecule is CC(C)C(C)(C)Cc1ccc(Cl)c(F)c1. The van der Waals surface area contributed by atoms with E-state index in [0.717, 1.165) is 12.0 Å². The summed E-state index contributed by atoms with van der Waals surface area (Å²) in [5.41, 5.74) is 1.19. The van der Waals surface area contributed by atoms with Gasteiger partial charge in [-0.25, -0.2) is 4.39 Å². The van der Waals surface area contributed by atoms with Crippen LogP contribution in [0.2, 0.25) is 5.02 Å². The van der Waals surface area contributed by atoms with Crippen LogP contribution in [-0.2, 0) is 6.42 Å². The molecule has 0 aliphatic rings. The van der Waals surface area contributed by atoms with E-state index in [9.17, 15) is 4.39 Å². The Hall–Kier alpha value is -0.560. The van der Waals surface area contributed by atoms with Gasteiger partial charge in [-0.2, -0.15) is 0 Å². The molecule has 84 valence electrons. The number of benzene rings is 1. The third kappa shape index (κ3) is 3.20. The van der Waals surface area contributed by atoms with Gasteiger partial charge in [0.15, 0.2) is 0 Å². The van der Waals surface area contributed by atoms with Crippen LogP contribution < -0.4 is 0 Å². The molecule has 15 heavy (non-hydrogen) atoms. The van der Waals surface area contributed by atoms with E-state index in [4.69, 9.17) is 11.6 Å². The largest absolute Gasteiger partial charge is 0.205 e. The minimum absolute atomic E-state index is 0.181. The Kier molecular flexibility index (Phi) is 3.77. The minimum atomic E-state index is -0.325. The molecule has 0 unspecified atom stereocenters. The monoisotopic (exact) mass is 228 g/mol. The fourth-order valence-corrected chi connectivity index (χ4v) is 1.50. The summed E-state index contributed by atoms with van der Waals surface area (Å²) in [5.74, 6) is 0.241. The van der Waals surface area contributed by atoms with Gasteiger partial charge in [-0.15, -0.1) is 0 Å². The molecular weight excluding hydrogens is 211 g/mol. The molecule has 0 radical (unpaired) electrons. The minimum Gasteiger partial charge on any atom is -0.205 e. The van der Waals surface area contributed by atoms with Gasteiger partial charge in [-0.05, 0) is 35.4 Å². The van der Waals surface area contributed by atoms with Crippen LogP contribution in [0.3, 0.4) is 0 Å². The predicted molar refractivity (Wildman–Crippen MR) is 63.7 cm³/mol. The van der Waals surface area contributed by atoms with Gasteiger partial charge < -0.3 is 0 Å². The lowest BCUT2D eigenvalue weighted by Gasteiger charge is -2.29. The van der Waals surface area contributed by atoms with Crippen molar-refractivity contribution in [1.29, 1.82) is 0 Å². The van der Waals surface area contributed by atoms with Crippen molar-refractivity contribution in [2.75, 3.05) is 0 Å². The van der Waals surface area contributed by atoms with E-state index in [1.165, 1.54) is 6.07 Å². The van der Waals surface area contributed by atoms with Crippen LogP contribution in [-0.4, -0.2) is 0 Å². The summed E-state index contributed by atoms with van der Waals surface area (Å²) in [4.78, 5) is 0. The molecule has 0 aliphatic carbocycles. The summed E-state index contributed by atoms with van der Waals surface area (Å²) in [6.45, 7) is 8.77. The highest BCUT2D eigenvalue weighted by molar-refractivity contribution is 6.30. The second-order valence-electron chi connectivity index (χ2n) is 5.07. The Bertz CT molecular complexity index is 342. The highest BCUT2D eigenvalue weighted by Crippen LogP contribution is 2.31. The molecule has 0 nitrogen and oxygen atoms in total. The van der Waals surface area contributed by atoms with Crippen molar-refractivity contribution < 1.29 is 4.39 Å². The van der Waals surface area contributed by atoms with Gasteiger partial charge in [0.25, 0.3) is 0 Å². The lowest BCUT2D eigenvalue weighted by Crippen LogP contribution is -2.22. The predicted octanol–water partition coefficient (Wildman–Crippen LogP) is 4.70. The van der Waals surface area contributed by atoms with Gasteiger partial charge in [0.1, 0.15) is 5.82 Å². The maximum absolute atomic E-state index is 13.2. The summed E-state index contributed by atoms with van der Waals surface area (Å²) >= 11 is 5.64. The number of hydrogen-bond donors (Lipinski definition) is 0. The average Bonchev–Trinajstić information content (AvgIpc) is 2.10. The van der Waals surface area contributed by atoms with Crippen molar-refractivity contribution in [3.8, 4) is 0 Å². The molecule has 2 heteroatoms. The Morgan fingerprint density at radius 2 is 1.93 bits per heavy atom. The van der Waals surface area contributed by atoms with Crippen molar-refractivity contribution in [3.05, 3.63) is 34.6 Å². The second kappa shape index (κ2) is 4.52. The highest BCUT2D eigenvalue weighted by Gasteiger charge is 2.22. The third-order valence-corrected chi connectivity index (χ3v) is 3.51. The first-order chi connectivity index (χ1) is 6.83. The first kappa shape index (κ1) is 12.5. The summed E-state index contributed by atoms with van der Waals surface area (Å²) in [7, 11) is 0. The second-order valence-corrected chi connectivity index (χ2v) is 5.48. The summed E-state index contributed by atoms with van der Waals surface area (Å²) in [5, 5.41) is 0.195. The van der Waals surface area contributed by atoms with Crippen molar-refractivity contribution >= 4 is 11.6 Å². The van der Waals surface area contributed by atoms with E-state index >= 15 is 0 Å². The first-order valence-electron chi connectivity index (χ1n) is 5.27. The Morgan fingerprint density at radius 1 is 1.33 bits per heavy atom. The highest BCUT2D eigenvalue weighted by atomic mass is 35.5. The maximum Gasteiger partial charge on any atom is 0.142 e. The quantitative estimate of drug-likeness (QED) is 0.703. The fourth-order valence-electron chi connectivity index (χ4n) is 1.38. The first-order valence-corrected chi connectivity index (χ1v) is 5.64. The molecular formula is C13H18ClF. The molecule has 0 spiro atoms. The van der Waals surface area contributed by atoms with E-state index < -0.39 is 0 Å². The smallest absolute Gasteiger partial charge is 0.142 e. The fraction of sp³-hybridized carbons (Fsp3) is 0.538. The van der Waals surface area contributed by atoms with Gasteiger partial charge in [0.2, 0.25) is 0 Å². The zero-order valence-corrected chi connectivity index (χ0v) is 10.5. The van der Waals surface area contributed by atoms with Gasteiger partial charge in [-0.3, -0.25) is 0 Å². The molecule has 0 saturated heterocycles. The van der Waals surface area contributed by atoms with E-state index in [-0.39, 0.29) is 16.3 Å². The van der Waals surface area contributed by atoms with Crippen molar-refractivity contribution in [2.24, 2.45) is 11.3 Å².